The molecule has 0 radical (unpaired) electrons. The Morgan fingerprint density at radius 3 is 2.69 bits per heavy atom. The molecule has 1 N–H and O–H groups in total. The van der Waals surface area contributed by atoms with Crippen molar-refractivity contribution in [3.63, 3.8) is 0 Å². The van der Waals surface area contributed by atoms with Gasteiger partial charge in [-0.25, -0.2) is 4.68 Å². The molecule has 0 spiro atoms. The molecule has 156 valence electrons. The summed E-state index contributed by atoms with van der Waals surface area (Å²) in [5.41, 5.74) is 2.53. The summed E-state index contributed by atoms with van der Waals surface area (Å²) in [6, 6.07) is 4.50. The standard InChI is InChI=1S/C23H31BrN4O/c1-15-18-12-17(23(18,2)3)13-19(15)27-20-14-26-28(22(29)21(20)24)11-5-4-6-16-7-9-25-10-8-16/h7-10,14-15,17-19,27H,4-6,11-13H2,1-3H3/t15-,17+,18-,19-/m1/s1. The molecule has 5 rings (SSSR count). The van der Waals surface area contributed by atoms with E-state index < -0.39 is 0 Å². The van der Waals surface area contributed by atoms with Gasteiger partial charge in [0.15, 0.2) is 0 Å². The lowest BCUT2D eigenvalue weighted by atomic mass is 9.45. The molecule has 2 heterocycles. The molecule has 3 aliphatic rings. The van der Waals surface area contributed by atoms with Gasteiger partial charge in [-0.3, -0.25) is 9.78 Å². The molecule has 3 fully saturated rings. The van der Waals surface area contributed by atoms with Gasteiger partial charge in [0.2, 0.25) is 0 Å². The SMILES string of the molecule is C[C@@H]1[C@H]2C[C@@H](C[C@H]1Nc1cnn(CCCCc3ccncc3)c(=O)c1Br)C2(C)C. The number of pyridine rings is 1. The Balaban J connectivity index is 1.35. The van der Waals surface area contributed by atoms with E-state index in [1.54, 1.807) is 4.68 Å². The summed E-state index contributed by atoms with van der Waals surface area (Å²) in [7, 11) is 0. The summed E-state index contributed by atoms with van der Waals surface area (Å²) in [6.07, 6.45) is 10.9. The van der Waals surface area contributed by atoms with Crippen LogP contribution in [0.15, 0.2) is 40.0 Å². The Morgan fingerprint density at radius 2 is 2.00 bits per heavy atom. The van der Waals surface area contributed by atoms with Gasteiger partial charge in [-0.05, 0) is 88.9 Å². The van der Waals surface area contributed by atoms with Gasteiger partial charge >= 0.3 is 0 Å². The van der Waals surface area contributed by atoms with Gasteiger partial charge in [0.1, 0.15) is 4.47 Å². The largest absolute Gasteiger partial charge is 0.380 e. The molecule has 4 atom stereocenters. The number of nitrogens with zero attached hydrogens (tertiary/aromatic N) is 3. The van der Waals surface area contributed by atoms with Crippen molar-refractivity contribution in [1.29, 1.82) is 0 Å². The maximum Gasteiger partial charge on any atom is 0.283 e. The summed E-state index contributed by atoms with van der Waals surface area (Å²) < 4.78 is 2.18. The zero-order valence-electron chi connectivity index (χ0n) is 17.6. The molecule has 2 aromatic heterocycles. The minimum absolute atomic E-state index is 0.0483. The summed E-state index contributed by atoms with van der Waals surface area (Å²) >= 11 is 3.53. The Morgan fingerprint density at radius 1 is 1.24 bits per heavy atom. The molecule has 0 unspecified atom stereocenters. The van der Waals surface area contributed by atoms with Crippen LogP contribution in [0.25, 0.3) is 0 Å². The van der Waals surface area contributed by atoms with Crippen LogP contribution in [0.5, 0.6) is 0 Å². The van der Waals surface area contributed by atoms with E-state index >= 15 is 0 Å². The lowest BCUT2D eigenvalue weighted by molar-refractivity contribution is -0.105. The van der Waals surface area contributed by atoms with Crippen LogP contribution in [0.4, 0.5) is 5.69 Å². The first-order valence-electron chi connectivity index (χ1n) is 10.8. The molecule has 0 amide bonds. The van der Waals surface area contributed by atoms with E-state index in [1.165, 1.54) is 18.4 Å². The van der Waals surface area contributed by atoms with E-state index in [9.17, 15) is 4.79 Å². The minimum atomic E-state index is -0.0483. The number of anilines is 1. The number of rotatable bonds is 7. The lowest BCUT2D eigenvalue weighted by Gasteiger charge is -2.62. The van der Waals surface area contributed by atoms with Crippen LogP contribution in [-0.2, 0) is 13.0 Å². The zero-order valence-corrected chi connectivity index (χ0v) is 19.2. The molecule has 0 aromatic carbocycles. The lowest BCUT2D eigenvalue weighted by Crippen LogP contribution is -2.58. The number of halogens is 1. The molecule has 5 nitrogen and oxygen atoms in total. The van der Waals surface area contributed by atoms with Crippen LogP contribution in [0.3, 0.4) is 0 Å². The number of nitrogens with one attached hydrogen (secondary N) is 1. The normalized spacial score (nSPS) is 27.3. The summed E-state index contributed by atoms with van der Waals surface area (Å²) in [4.78, 5) is 16.8. The molecule has 2 aromatic rings. The van der Waals surface area contributed by atoms with Crippen molar-refractivity contribution in [2.75, 3.05) is 5.32 Å². The molecule has 3 aliphatic carbocycles. The van der Waals surface area contributed by atoms with Crippen molar-refractivity contribution < 1.29 is 0 Å². The number of hydrogen-bond donors (Lipinski definition) is 1. The second-order valence-electron chi connectivity index (χ2n) is 9.42. The van der Waals surface area contributed by atoms with Gasteiger partial charge in [-0.15, -0.1) is 0 Å². The number of aryl methyl sites for hydroxylation is 2. The second-order valence-corrected chi connectivity index (χ2v) is 10.2. The third-order valence-corrected chi connectivity index (χ3v) is 8.28. The van der Waals surface area contributed by atoms with Crippen LogP contribution in [0.1, 0.15) is 52.0 Å². The third kappa shape index (κ3) is 4.00. The number of hydrogen-bond acceptors (Lipinski definition) is 4. The quantitative estimate of drug-likeness (QED) is 0.598. The highest BCUT2D eigenvalue weighted by molar-refractivity contribution is 9.10. The maximum atomic E-state index is 12.8. The molecule has 3 saturated carbocycles. The van der Waals surface area contributed by atoms with E-state index in [-0.39, 0.29) is 5.56 Å². The molecule has 6 heteroatoms. The van der Waals surface area contributed by atoms with Gasteiger partial charge in [-0.1, -0.05) is 20.8 Å². The van der Waals surface area contributed by atoms with Gasteiger partial charge < -0.3 is 5.32 Å². The van der Waals surface area contributed by atoms with Crippen molar-refractivity contribution in [2.24, 2.45) is 23.2 Å². The Bertz CT molecular complexity index is 911. The molecule has 0 saturated heterocycles. The Kier molecular flexibility index (Phi) is 5.83. The van der Waals surface area contributed by atoms with E-state index in [4.69, 9.17) is 0 Å². The van der Waals surface area contributed by atoms with Crippen molar-refractivity contribution in [2.45, 2.75) is 65.5 Å². The van der Waals surface area contributed by atoms with Crippen LogP contribution in [0, 0.1) is 23.2 Å². The first-order chi connectivity index (χ1) is 13.9. The van der Waals surface area contributed by atoms with Crippen molar-refractivity contribution >= 4 is 21.6 Å². The van der Waals surface area contributed by atoms with E-state index in [2.05, 4.69) is 52.1 Å². The first kappa shape index (κ1) is 20.6. The van der Waals surface area contributed by atoms with Gasteiger partial charge in [-0.2, -0.15) is 5.10 Å². The second kappa shape index (κ2) is 8.21. The van der Waals surface area contributed by atoms with E-state index in [0.29, 0.717) is 28.4 Å². The minimum Gasteiger partial charge on any atom is -0.380 e. The van der Waals surface area contributed by atoms with E-state index in [0.717, 1.165) is 36.8 Å². The highest BCUT2D eigenvalue weighted by Gasteiger charge is 2.56. The van der Waals surface area contributed by atoms with Gasteiger partial charge in [0, 0.05) is 25.0 Å². The fourth-order valence-electron chi connectivity index (χ4n) is 5.41. The molecular formula is C23H31BrN4O. The third-order valence-electron chi connectivity index (χ3n) is 7.51. The highest BCUT2D eigenvalue weighted by Crippen LogP contribution is 2.61. The molecule has 2 bridgehead atoms. The molecular weight excluding hydrogens is 428 g/mol. The summed E-state index contributed by atoms with van der Waals surface area (Å²) in [5.74, 6) is 2.16. The van der Waals surface area contributed by atoms with Crippen molar-refractivity contribution in [1.82, 2.24) is 14.8 Å². The fraction of sp³-hybridized carbons (Fsp3) is 0.609. The molecule has 0 aliphatic heterocycles. The van der Waals surface area contributed by atoms with E-state index in [1.807, 2.05) is 30.7 Å². The van der Waals surface area contributed by atoms with Crippen molar-refractivity contribution in [3.05, 3.63) is 51.1 Å². The predicted molar refractivity (Wildman–Crippen MR) is 120 cm³/mol. The zero-order chi connectivity index (χ0) is 20.6. The smallest absolute Gasteiger partial charge is 0.283 e. The predicted octanol–water partition coefficient (Wildman–Crippen LogP) is 4.91. The van der Waals surface area contributed by atoms with Crippen LogP contribution in [0.2, 0.25) is 0 Å². The fourth-order valence-corrected chi connectivity index (χ4v) is 5.83. The average molecular weight is 459 g/mol. The van der Waals surface area contributed by atoms with Crippen molar-refractivity contribution in [3.8, 4) is 0 Å². The Hall–Kier alpha value is -1.69. The average Bonchev–Trinajstić information content (AvgIpc) is 2.71. The van der Waals surface area contributed by atoms with Crippen LogP contribution in [-0.4, -0.2) is 20.8 Å². The topological polar surface area (TPSA) is 59.8 Å². The number of aromatic nitrogens is 3. The van der Waals surface area contributed by atoms with Gasteiger partial charge in [0.25, 0.3) is 5.56 Å². The first-order valence-corrected chi connectivity index (χ1v) is 11.6. The summed E-state index contributed by atoms with van der Waals surface area (Å²) in [5, 5.41) is 8.06. The Labute approximate surface area is 181 Å². The highest BCUT2D eigenvalue weighted by atomic mass is 79.9. The summed E-state index contributed by atoms with van der Waals surface area (Å²) in [6.45, 7) is 7.81. The number of fused-ring (bicyclic) bond motifs is 2. The van der Waals surface area contributed by atoms with Crippen LogP contribution < -0.4 is 10.9 Å². The maximum absolute atomic E-state index is 12.8. The van der Waals surface area contributed by atoms with Gasteiger partial charge in [0.05, 0.1) is 11.9 Å². The monoisotopic (exact) mass is 458 g/mol. The van der Waals surface area contributed by atoms with Crippen LogP contribution >= 0.6 is 15.9 Å². The number of unbranched alkanes of at least 4 members (excludes halogenated alkanes) is 1. The molecule has 29 heavy (non-hydrogen) atoms.